The molecule has 90 valence electrons. The van der Waals surface area contributed by atoms with Crippen molar-refractivity contribution in [3.63, 3.8) is 0 Å². The van der Waals surface area contributed by atoms with Crippen LogP contribution in [-0.4, -0.2) is 48.1 Å². The molecule has 1 amide bonds. The Labute approximate surface area is 96.9 Å². The van der Waals surface area contributed by atoms with E-state index in [1.54, 1.807) is 0 Å². The van der Waals surface area contributed by atoms with Crippen LogP contribution in [0.3, 0.4) is 0 Å². The van der Waals surface area contributed by atoms with Gasteiger partial charge in [0.15, 0.2) is 0 Å². The van der Waals surface area contributed by atoms with Crippen molar-refractivity contribution in [2.75, 3.05) is 26.2 Å². The number of hydrogen-bond acceptors (Lipinski definition) is 3. The largest absolute Gasteiger partial charge is 0.316 e. The molecule has 0 aromatic carbocycles. The van der Waals surface area contributed by atoms with Crippen LogP contribution in [0.25, 0.3) is 0 Å². The van der Waals surface area contributed by atoms with Gasteiger partial charge in [-0.2, -0.15) is 0 Å². The molecule has 2 saturated heterocycles. The van der Waals surface area contributed by atoms with Gasteiger partial charge in [-0.3, -0.25) is 9.80 Å². The van der Waals surface area contributed by atoms with Crippen LogP contribution in [0.15, 0.2) is 0 Å². The molecule has 16 heavy (non-hydrogen) atoms. The van der Waals surface area contributed by atoms with Crippen LogP contribution in [0.5, 0.6) is 0 Å². The van der Waals surface area contributed by atoms with Crippen molar-refractivity contribution in [3.8, 4) is 0 Å². The summed E-state index contributed by atoms with van der Waals surface area (Å²) >= 11 is 0. The topological polar surface area (TPSA) is 35.6 Å². The molecular formula is C12H21N3O. The summed E-state index contributed by atoms with van der Waals surface area (Å²) in [7, 11) is 0. The van der Waals surface area contributed by atoms with E-state index in [0.717, 1.165) is 39.0 Å². The van der Waals surface area contributed by atoms with Gasteiger partial charge in [-0.1, -0.05) is 0 Å². The molecule has 1 aliphatic carbocycles. The molecule has 0 aromatic heterocycles. The van der Waals surface area contributed by atoms with E-state index in [-0.39, 0.29) is 0 Å². The van der Waals surface area contributed by atoms with Crippen molar-refractivity contribution in [1.29, 1.82) is 0 Å². The van der Waals surface area contributed by atoms with E-state index < -0.39 is 0 Å². The van der Waals surface area contributed by atoms with Crippen molar-refractivity contribution in [3.05, 3.63) is 0 Å². The third kappa shape index (κ3) is 2.09. The highest BCUT2D eigenvalue weighted by Crippen LogP contribution is 2.31. The molecule has 1 N–H and O–H groups in total. The monoisotopic (exact) mass is 223 g/mol. The van der Waals surface area contributed by atoms with Crippen LogP contribution in [0.2, 0.25) is 0 Å². The van der Waals surface area contributed by atoms with Gasteiger partial charge in [0.05, 0.1) is 0 Å². The van der Waals surface area contributed by atoms with E-state index in [4.69, 9.17) is 0 Å². The molecular weight excluding hydrogens is 202 g/mol. The molecule has 1 unspecified atom stereocenters. The summed E-state index contributed by atoms with van der Waals surface area (Å²) in [5, 5.41) is 7.80. The lowest BCUT2D eigenvalue weighted by Crippen LogP contribution is -2.53. The summed E-state index contributed by atoms with van der Waals surface area (Å²) in [5.74, 6) is 1.02. The molecule has 0 spiro atoms. The first kappa shape index (κ1) is 10.5. The zero-order valence-corrected chi connectivity index (χ0v) is 9.82. The van der Waals surface area contributed by atoms with Crippen LogP contribution in [-0.2, 0) is 4.79 Å². The molecule has 0 bridgehead atoms. The van der Waals surface area contributed by atoms with Crippen LogP contribution in [0.1, 0.15) is 32.1 Å². The molecule has 0 radical (unpaired) electrons. The Bertz CT molecular complexity index is 271. The summed E-state index contributed by atoms with van der Waals surface area (Å²) in [4.78, 5) is 12.0. The summed E-state index contributed by atoms with van der Waals surface area (Å²) < 4.78 is 0. The smallest absolute Gasteiger partial charge is 0.236 e. The fraction of sp³-hybridized carbons (Fsp3) is 0.917. The number of nitrogens with one attached hydrogen (secondary N) is 1. The van der Waals surface area contributed by atoms with Crippen LogP contribution in [0.4, 0.5) is 0 Å². The van der Waals surface area contributed by atoms with E-state index in [9.17, 15) is 4.79 Å². The fourth-order valence-corrected chi connectivity index (χ4v) is 2.86. The molecule has 3 fully saturated rings. The quantitative estimate of drug-likeness (QED) is 0.761. The van der Waals surface area contributed by atoms with E-state index >= 15 is 0 Å². The molecule has 3 rings (SSSR count). The Hall–Kier alpha value is -0.610. The maximum atomic E-state index is 12.0. The van der Waals surface area contributed by atoms with Gasteiger partial charge < -0.3 is 5.32 Å². The number of carbonyl (C=O) groups is 1. The minimum absolute atomic E-state index is 0.352. The number of amides is 1. The third-order valence-corrected chi connectivity index (χ3v) is 3.94. The molecule has 2 heterocycles. The summed E-state index contributed by atoms with van der Waals surface area (Å²) in [6.45, 7) is 4.25. The van der Waals surface area contributed by atoms with Gasteiger partial charge in [-0.15, -0.1) is 0 Å². The SMILES string of the molecule is O=C1CCCN(C2CC2)N1CC1CCNC1. The number of nitrogens with zero attached hydrogens (tertiary/aromatic N) is 2. The Morgan fingerprint density at radius 1 is 1.31 bits per heavy atom. The lowest BCUT2D eigenvalue weighted by atomic mass is 10.1. The third-order valence-electron chi connectivity index (χ3n) is 3.94. The molecule has 3 aliphatic rings. The van der Waals surface area contributed by atoms with Crippen molar-refractivity contribution < 1.29 is 4.79 Å². The van der Waals surface area contributed by atoms with E-state index in [0.29, 0.717) is 17.9 Å². The highest BCUT2D eigenvalue weighted by Gasteiger charge is 2.38. The fourth-order valence-electron chi connectivity index (χ4n) is 2.86. The Balaban J connectivity index is 1.64. The molecule has 1 saturated carbocycles. The van der Waals surface area contributed by atoms with Gasteiger partial charge in [-0.05, 0) is 44.7 Å². The second kappa shape index (κ2) is 4.34. The van der Waals surface area contributed by atoms with Crippen LogP contribution in [0, 0.1) is 5.92 Å². The second-order valence-corrected chi connectivity index (χ2v) is 5.33. The van der Waals surface area contributed by atoms with Gasteiger partial charge in [-0.25, -0.2) is 5.01 Å². The molecule has 4 nitrogen and oxygen atoms in total. The Kier molecular flexibility index (Phi) is 2.86. The Morgan fingerprint density at radius 2 is 2.19 bits per heavy atom. The van der Waals surface area contributed by atoms with Gasteiger partial charge >= 0.3 is 0 Å². The number of carbonyl (C=O) groups excluding carboxylic acids is 1. The second-order valence-electron chi connectivity index (χ2n) is 5.33. The van der Waals surface area contributed by atoms with Crippen molar-refractivity contribution in [2.24, 2.45) is 5.92 Å². The zero-order valence-electron chi connectivity index (χ0n) is 9.82. The van der Waals surface area contributed by atoms with Crippen molar-refractivity contribution in [1.82, 2.24) is 15.3 Å². The summed E-state index contributed by atoms with van der Waals surface area (Å²) in [6.07, 6.45) is 5.60. The molecule has 4 heteroatoms. The zero-order chi connectivity index (χ0) is 11.0. The molecule has 2 aliphatic heterocycles. The van der Waals surface area contributed by atoms with Gasteiger partial charge in [0.2, 0.25) is 5.91 Å². The number of rotatable bonds is 3. The number of hydrogen-bond donors (Lipinski definition) is 1. The molecule has 1 atom stereocenters. The number of hydrazine groups is 1. The minimum Gasteiger partial charge on any atom is -0.316 e. The van der Waals surface area contributed by atoms with E-state index in [1.807, 2.05) is 0 Å². The van der Waals surface area contributed by atoms with Gasteiger partial charge in [0, 0.05) is 25.6 Å². The average molecular weight is 223 g/mol. The van der Waals surface area contributed by atoms with Crippen molar-refractivity contribution >= 4 is 5.91 Å². The summed E-state index contributed by atoms with van der Waals surface area (Å²) in [6, 6.07) is 0.679. The van der Waals surface area contributed by atoms with Crippen molar-refractivity contribution in [2.45, 2.75) is 38.1 Å². The van der Waals surface area contributed by atoms with Gasteiger partial charge in [0.1, 0.15) is 0 Å². The maximum absolute atomic E-state index is 12.0. The van der Waals surface area contributed by atoms with Crippen LogP contribution < -0.4 is 5.32 Å². The van der Waals surface area contributed by atoms with Gasteiger partial charge in [0.25, 0.3) is 0 Å². The normalized spacial score (nSPS) is 32.4. The van der Waals surface area contributed by atoms with E-state index in [2.05, 4.69) is 15.3 Å². The average Bonchev–Trinajstić information content (AvgIpc) is 3.00. The highest BCUT2D eigenvalue weighted by atomic mass is 16.2. The summed E-state index contributed by atoms with van der Waals surface area (Å²) in [5.41, 5.74) is 0. The van der Waals surface area contributed by atoms with E-state index in [1.165, 1.54) is 19.3 Å². The first-order valence-corrected chi connectivity index (χ1v) is 6.62. The lowest BCUT2D eigenvalue weighted by Gasteiger charge is -2.40. The highest BCUT2D eigenvalue weighted by molar-refractivity contribution is 5.76. The van der Waals surface area contributed by atoms with Crippen LogP contribution >= 0.6 is 0 Å². The first-order chi connectivity index (χ1) is 7.84. The first-order valence-electron chi connectivity index (χ1n) is 6.62. The molecule has 0 aromatic rings. The predicted octanol–water partition coefficient (Wildman–Crippen LogP) is 0.598. The lowest BCUT2D eigenvalue weighted by molar-refractivity contribution is -0.158. The minimum atomic E-state index is 0.352. The predicted molar refractivity (Wildman–Crippen MR) is 61.7 cm³/mol. The Morgan fingerprint density at radius 3 is 2.88 bits per heavy atom. The standard InChI is InChI=1S/C12H21N3O/c16-12-2-1-7-14(11-3-4-11)15(12)9-10-5-6-13-8-10/h10-11,13H,1-9H2. The maximum Gasteiger partial charge on any atom is 0.236 e.